The van der Waals surface area contributed by atoms with Gasteiger partial charge in [-0.05, 0) is 98.7 Å². The maximum atomic E-state index is 12.5. The van der Waals surface area contributed by atoms with Crippen molar-refractivity contribution in [1.29, 1.82) is 0 Å². The van der Waals surface area contributed by atoms with Gasteiger partial charge in [-0.2, -0.15) is 0 Å². The van der Waals surface area contributed by atoms with Crippen LogP contribution in [0.2, 0.25) is 0 Å². The standard InChI is InChI=1S/C20H31NO/c22-19(8-18-7-13-1-2-17(18)6-13)21-12-20-9-14-3-15(10-20)5-16(4-14)11-20/h13-18H,1-12H2,(H,21,22)/t13-,14?,15?,16?,17-,18-,20?/m0/s1. The number of nitrogens with one attached hydrogen (secondary N) is 1. The van der Waals surface area contributed by atoms with Gasteiger partial charge in [0.15, 0.2) is 0 Å². The van der Waals surface area contributed by atoms with E-state index in [4.69, 9.17) is 0 Å². The third kappa shape index (κ3) is 2.32. The molecule has 1 N–H and O–H groups in total. The van der Waals surface area contributed by atoms with E-state index in [2.05, 4.69) is 5.32 Å². The maximum absolute atomic E-state index is 12.5. The Morgan fingerprint density at radius 2 is 1.55 bits per heavy atom. The van der Waals surface area contributed by atoms with Gasteiger partial charge in [-0.15, -0.1) is 0 Å². The van der Waals surface area contributed by atoms with E-state index < -0.39 is 0 Å². The van der Waals surface area contributed by atoms with E-state index in [9.17, 15) is 4.79 Å². The number of hydrogen-bond donors (Lipinski definition) is 1. The summed E-state index contributed by atoms with van der Waals surface area (Å²) in [5, 5.41) is 3.39. The van der Waals surface area contributed by atoms with Crippen LogP contribution in [0, 0.1) is 40.9 Å². The van der Waals surface area contributed by atoms with Crippen molar-refractivity contribution in [2.75, 3.05) is 6.54 Å². The molecule has 0 aromatic heterocycles. The van der Waals surface area contributed by atoms with Crippen molar-refractivity contribution in [3.63, 3.8) is 0 Å². The molecule has 3 atom stereocenters. The average molecular weight is 301 g/mol. The smallest absolute Gasteiger partial charge is 0.220 e. The highest BCUT2D eigenvalue weighted by Gasteiger charge is 2.50. The van der Waals surface area contributed by atoms with E-state index in [1.165, 1.54) is 64.2 Å². The quantitative estimate of drug-likeness (QED) is 0.830. The summed E-state index contributed by atoms with van der Waals surface area (Å²) in [4.78, 5) is 12.5. The van der Waals surface area contributed by atoms with Crippen molar-refractivity contribution >= 4 is 5.91 Å². The van der Waals surface area contributed by atoms with Crippen molar-refractivity contribution in [2.24, 2.45) is 40.9 Å². The first-order valence-corrected chi connectivity index (χ1v) is 9.94. The second kappa shape index (κ2) is 4.98. The minimum absolute atomic E-state index is 0.369. The number of fused-ring (bicyclic) bond motifs is 2. The van der Waals surface area contributed by atoms with Crippen molar-refractivity contribution < 1.29 is 4.79 Å². The zero-order chi connectivity index (χ0) is 14.7. The predicted molar refractivity (Wildman–Crippen MR) is 87.2 cm³/mol. The third-order valence-corrected chi connectivity index (χ3v) is 8.16. The Hall–Kier alpha value is -0.530. The summed E-state index contributed by atoms with van der Waals surface area (Å²) < 4.78 is 0. The van der Waals surface area contributed by atoms with E-state index in [0.29, 0.717) is 11.3 Å². The van der Waals surface area contributed by atoms with Crippen LogP contribution in [0.5, 0.6) is 0 Å². The Bertz CT molecular complexity index is 435. The molecule has 122 valence electrons. The zero-order valence-corrected chi connectivity index (χ0v) is 13.9. The number of hydrogen-bond acceptors (Lipinski definition) is 1. The Balaban J connectivity index is 1.16. The summed E-state index contributed by atoms with van der Waals surface area (Å²) in [6, 6.07) is 0. The monoisotopic (exact) mass is 301 g/mol. The Kier molecular flexibility index (Phi) is 3.14. The third-order valence-electron chi connectivity index (χ3n) is 8.16. The SMILES string of the molecule is O=C(C[C@@H]1C[C@H]2CC[C@H]1C2)NCC12CC3CC(CC(C3)C1)C2. The summed E-state index contributed by atoms with van der Waals surface area (Å²) in [6.07, 6.45) is 15.2. The van der Waals surface area contributed by atoms with Gasteiger partial charge in [0.2, 0.25) is 5.91 Å². The van der Waals surface area contributed by atoms with Gasteiger partial charge < -0.3 is 5.32 Å². The fourth-order valence-corrected chi connectivity index (χ4v) is 7.73. The molecular weight excluding hydrogens is 270 g/mol. The molecule has 22 heavy (non-hydrogen) atoms. The van der Waals surface area contributed by atoms with Crippen molar-refractivity contribution in [2.45, 2.75) is 70.6 Å². The summed E-state index contributed by atoms with van der Waals surface area (Å²) in [7, 11) is 0. The summed E-state index contributed by atoms with van der Waals surface area (Å²) in [6.45, 7) is 0.996. The van der Waals surface area contributed by atoms with Gasteiger partial charge in [0.25, 0.3) is 0 Å². The highest BCUT2D eigenvalue weighted by atomic mass is 16.1. The van der Waals surface area contributed by atoms with Crippen molar-refractivity contribution in [3.8, 4) is 0 Å². The minimum Gasteiger partial charge on any atom is -0.356 e. The molecule has 2 heteroatoms. The van der Waals surface area contributed by atoms with Crippen LogP contribution in [-0.2, 0) is 4.79 Å². The summed E-state index contributed by atoms with van der Waals surface area (Å²) in [5.74, 6) is 5.92. The molecular formula is C20H31NO. The molecule has 0 aliphatic heterocycles. The summed E-state index contributed by atoms with van der Waals surface area (Å²) in [5.41, 5.74) is 0.499. The molecule has 0 heterocycles. The van der Waals surface area contributed by atoms with Crippen LogP contribution < -0.4 is 5.32 Å². The van der Waals surface area contributed by atoms with E-state index in [1.807, 2.05) is 0 Å². The van der Waals surface area contributed by atoms with Gasteiger partial charge in [-0.3, -0.25) is 4.79 Å². The van der Waals surface area contributed by atoms with Crippen LogP contribution in [0.3, 0.4) is 0 Å². The fraction of sp³-hybridized carbons (Fsp3) is 0.950. The van der Waals surface area contributed by atoms with Gasteiger partial charge >= 0.3 is 0 Å². The number of carbonyl (C=O) groups is 1. The summed E-state index contributed by atoms with van der Waals surface area (Å²) >= 11 is 0. The highest BCUT2D eigenvalue weighted by molar-refractivity contribution is 5.76. The molecule has 0 aromatic carbocycles. The molecule has 6 fully saturated rings. The lowest BCUT2D eigenvalue weighted by molar-refractivity contribution is -0.124. The van der Waals surface area contributed by atoms with E-state index >= 15 is 0 Å². The van der Waals surface area contributed by atoms with Crippen molar-refractivity contribution in [3.05, 3.63) is 0 Å². The average Bonchev–Trinajstić information content (AvgIpc) is 3.06. The van der Waals surface area contributed by atoms with E-state index in [1.54, 1.807) is 0 Å². The Labute approximate surface area is 134 Å². The van der Waals surface area contributed by atoms with Gasteiger partial charge in [-0.25, -0.2) is 0 Å². The molecule has 6 aliphatic carbocycles. The molecule has 6 aliphatic rings. The van der Waals surface area contributed by atoms with Crippen LogP contribution in [0.4, 0.5) is 0 Å². The second-order valence-electron chi connectivity index (χ2n) is 9.83. The van der Waals surface area contributed by atoms with Crippen LogP contribution in [0.15, 0.2) is 0 Å². The van der Waals surface area contributed by atoms with E-state index in [-0.39, 0.29) is 0 Å². The molecule has 6 saturated carbocycles. The van der Waals surface area contributed by atoms with E-state index in [0.717, 1.165) is 48.5 Å². The maximum Gasteiger partial charge on any atom is 0.220 e. The number of rotatable bonds is 4. The Morgan fingerprint density at radius 1 is 0.864 bits per heavy atom. The van der Waals surface area contributed by atoms with Crippen LogP contribution >= 0.6 is 0 Å². The molecule has 1 amide bonds. The van der Waals surface area contributed by atoms with Gasteiger partial charge in [-0.1, -0.05) is 6.42 Å². The van der Waals surface area contributed by atoms with Gasteiger partial charge in [0.05, 0.1) is 0 Å². The van der Waals surface area contributed by atoms with Crippen molar-refractivity contribution in [1.82, 2.24) is 5.32 Å². The van der Waals surface area contributed by atoms with Crippen LogP contribution in [0.25, 0.3) is 0 Å². The van der Waals surface area contributed by atoms with Gasteiger partial charge in [0.1, 0.15) is 0 Å². The number of carbonyl (C=O) groups excluding carboxylic acids is 1. The minimum atomic E-state index is 0.369. The molecule has 0 radical (unpaired) electrons. The molecule has 2 nitrogen and oxygen atoms in total. The first-order chi connectivity index (χ1) is 10.7. The first-order valence-electron chi connectivity index (χ1n) is 9.94. The molecule has 6 rings (SSSR count). The normalized spacial score (nSPS) is 51.5. The number of amides is 1. The topological polar surface area (TPSA) is 29.1 Å². The largest absolute Gasteiger partial charge is 0.356 e. The Morgan fingerprint density at radius 3 is 2.09 bits per heavy atom. The molecule has 0 saturated heterocycles. The fourth-order valence-electron chi connectivity index (χ4n) is 7.73. The lowest BCUT2D eigenvalue weighted by Gasteiger charge is -2.56. The zero-order valence-electron chi connectivity index (χ0n) is 13.9. The molecule has 6 bridgehead atoms. The first kappa shape index (κ1) is 13.9. The molecule has 0 spiro atoms. The van der Waals surface area contributed by atoms with Crippen LogP contribution in [-0.4, -0.2) is 12.5 Å². The lowest BCUT2D eigenvalue weighted by atomic mass is 9.49. The van der Waals surface area contributed by atoms with Gasteiger partial charge in [0, 0.05) is 13.0 Å². The second-order valence-corrected chi connectivity index (χ2v) is 9.83. The molecule has 0 unspecified atom stereocenters. The lowest BCUT2D eigenvalue weighted by Crippen LogP contribution is -2.51. The van der Waals surface area contributed by atoms with Crippen LogP contribution in [0.1, 0.15) is 70.6 Å². The predicted octanol–water partition coefficient (Wildman–Crippen LogP) is 4.15. The molecule has 0 aromatic rings. The highest BCUT2D eigenvalue weighted by Crippen LogP contribution is 2.59.